The van der Waals surface area contributed by atoms with Crippen molar-refractivity contribution in [3.05, 3.63) is 22.6 Å². The molecule has 0 saturated heterocycles. The Balaban J connectivity index is 3.01. The number of rotatable bonds is 1. The average Bonchev–Trinajstić information content (AvgIpc) is 2.14. The molecule has 1 rings (SSSR count). The lowest BCUT2D eigenvalue weighted by Crippen LogP contribution is -1.85. The molecule has 1 aromatic rings. The van der Waals surface area contributed by atoms with Crippen molar-refractivity contribution in [2.45, 2.75) is 5.88 Å². The van der Waals surface area contributed by atoms with E-state index in [-0.39, 0.29) is 5.88 Å². The largest absolute Gasteiger partial charge is 0.518 e. The highest BCUT2D eigenvalue weighted by Gasteiger charge is 1.95. The lowest BCUT2D eigenvalue weighted by Gasteiger charge is -1.72. The molecule has 4 heteroatoms. The van der Waals surface area contributed by atoms with Crippen LogP contribution in [0.1, 0.15) is 5.76 Å². The third-order valence-electron chi connectivity index (χ3n) is 0.633. The smallest absolute Gasteiger partial charge is 0.399 e. The minimum absolute atomic E-state index is 0.172. The first kappa shape index (κ1) is 5.44. The molecule has 1 aromatic heterocycles. The minimum Gasteiger partial charge on any atom is -0.399 e. The maximum absolute atomic E-state index is 10.1. The van der Waals surface area contributed by atoms with Crippen LogP contribution in [0.3, 0.4) is 0 Å². The molecule has 44 valence electrons. The van der Waals surface area contributed by atoms with Crippen molar-refractivity contribution in [3.63, 3.8) is 0 Å². The van der Waals surface area contributed by atoms with E-state index in [0.29, 0.717) is 5.76 Å². The Morgan fingerprint density at radius 1 is 1.75 bits per heavy atom. The highest BCUT2D eigenvalue weighted by Crippen LogP contribution is 1.97. The van der Waals surface area contributed by atoms with Crippen LogP contribution in [0.15, 0.2) is 19.9 Å². The standard InChI is InChI=1S/C4H3ClO3/c5-1-3-2-7-4(6)8-3/h2H,1H2. The maximum Gasteiger partial charge on any atom is 0.518 e. The van der Waals surface area contributed by atoms with Crippen LogP contribution in [-0.2, 0) is 5.88 Å². The van der Waals surface area contributed by atoms with Crippen LogP contribution in [0.4, 0.5) is 0 Å². The van der Waals surface area contributed by atoms with Gasteiger partial charge in [-0.3, -0.25) is 0 Å². The van der Waals surface area contributed by atoms with Crippen molar-refractivity contribution in [3.8, 4) is 0 Å². The van der Waals surface area contributed by atoms with Gasteiger partial charge in [0.25, 0.3) is 0 Å². The molecule has 0 N–H and O–H groups in total. The van der Waals surface area contributed by atoms with Gasteiger partial charge in [-0.15, -0.1) is 11.6 Å². The van der Waals surface area contributed by atoms with Gasteiger partial charge in [-0.05, 0) is 0 Å². The molecule has 0 amide bonds. The van der Waals surface area contributed by atoms with E-state index < -0.39 is 5.82 Å². The molecule has 8 heavy (non-hydrogen) atoms. The zero-order valence-corrected chi connectivity index (χ0v) is 4.64. The summed E-state index contributed by atoms with van der Waals surface area (Å²) < 4.78 is 8.63. The van der Waals surface area contributed by atoms with Crippen molar-refractivity contribution in [2.75, 3.05) is 0 Å². The van der Waals surface area contributed by atoms with Crippen LogP contribution in [0.5, 0.6) is 0 Å². The molecule has 0 saturated carbocycles. The lowest BCUT2D eigenvalue weighted by molar-refractivity contribution is 0.377. The molecule has 0 aliphatic heterocycles. The van der Waals surface area contributed by atoms with Crippen molar-refractivity contribution in [2.24, 2.45) is 0 Å². The summed E-state index contributed by atoms with van der Waals surface area (Å²) >= 11 is 5.25. The Morgan fingerprint density at radius 2 is 2.50 bits per heavy atom. The Hall–Kier alpha value is -0.700. The van der Waals surface area contributed by atoms with Crippen LogP contribution in [0, 0.1) is 0 Å². The van der Waals surface area contributed by atoms with Crippen LogP contribution in [0.2, 0.25) is 0 Å². The summed E-state index contributed by atoms with van der Waals surface area (Å²) in [6.45, 7) is 0. The number of halogens is 1. The van der Waals surface area contributed by atoms with Crippen molar-refractivity contribution in [1.82, 2.24) is 0 Å². The van der Waals surface area contributed by atoms with Gasteiger partial charge in [0.2, 0.25) is 0 Å². The summed E-state index contributed by atoms with van der Waals surface area (Å²) in [5.41, 5.74) is 0. The van der Waals surface area contributed by atoms with Crippen molar-refractivity contribution >= 4 is 11.6 Å². The molecule has 0 spiro atoms. The lowest BCUT2D eigenvalue weighted by atomic mass is 10.6. The SMILES string of the molecule is O=c1occ(CCl)o1. The highest BCUT2D eigenvalue weighted by atomic mass is 35.5. The Kier molecular flexibility index (Phi) is 1.39. The topological polar surface area (TPSA) is 43.4 Å². The molecule has 1 heterocycles. The van der Waals surface area contributed by atoms with E-state index in [1.54, 1.807) is 0 Å². The van der Waals surface area contributed by atoms with E-state index in [1.165, 1.54) is 6.26 Å². The molecule has 0 atom stereocenters. The van der Waals surface area contributed by atoms with Gasteiger partial charge in [-0.25, -0.2) is 4.79 Å². The summed E-state index contributed by atoms with van der Waals surface area (Å²) in [7, 11) is 0. The van der Waals surface area contributed by atoms with E-state index >= 15 is 0 Å². The molecular weight excluding hydrogens is 131 g/mol. The molecular formula is C4H3ClO3. The molecule has 0 radical (unpaired) electrons. The Bertz CT molecular complexity index is 211. The van der Waals surface area contributed by atoms with Crippen LogP contribution >= 0.6 is 11.6 Å². The third-order valence-corrected chi connectivity index (χ3v) is 0.896. The summed E-state index contributed by atoms with van der Waals surface area (Å²) in [5.74, 6) is -0.177. The van der Waals surface area contributed by atoms with Crippen molar-refractivity contribution in [1.29, 1.82) is 0 Å². The molecule has 3 nitrogen and oxygen atoms in total. The zero-order valence-electron chi connectivity index (χ0n) is 3.89. The zero-order chi connectivity index (χ0) is 5.98. The van der Waals surface area contributed by atoms with E-state index in [4.69, 9.17) is 11.6 Å². The molecule has 0 aromatic carbocycles. The van der Waals surface area contributed by atoms with E-state index in [2.05, 4.69) is 8.83 Å². The maximum atomic E-state index is 10.1. The van der Waals surface area contributed by atoms with E-state index in [1.807, 2.05) is 0 Å². The van der Waals surface area contributed by atoms with Gasteiger partial charge < -0.3 is 8.83 Å². The third kappa shape index (κ3) is 0.924. The predicted octanol–water partition coefficient (Wildman–Crippen LogP) is 0.972. The average molecular weight is 135 g/mol. The summed E-state index contributed by atoms with van der Waals surface area (Å²) in [6.07, 6.45) is 1.19. The Morgan fingerprint density at radius 3 is 2.75 bits per heavy atom. The first-order valence-corrected chi connectivity index (χ1v) is 2.50. The van der Waals surface area contributed by atoms with Gasteiger partial charge in [-0.1, -0.05) is 0 Å². The molecule has 0 unspecified atom stereocenters. The summed E-state index contributed by atoms with van der Waals surface area (Å²) in [6, 6.07) is 0. The van der Waals surface area contributed by atoms with Gasteiger partial charge in [0.15, 0.2) is 5.76 Å². The van der Waals surface area contributed by atoms with Gasteiger partial charge in [0, 0.05) is 0 Å². The monoisotopic (exact) mass is 134 g/mol. The highest BCUT2D eigenvalue weighted by molar-refractivity contribution is 6.16. The minimum atomic E-state index is -0.708. The second-order valence-electron chi connectivity index (χ2n) is 1.19. The second-order valence-corrected chi connectivity index (χ2v) is 1.45. The fourth-order valence-corrected chi connectivity index (χ4v) is 0.445. The van der Waals surface area contributed by atoms with Gasteiger partial charge >= 0.3 is 5.82 Å². The molecule has 0 bridgehead atoms. The van der Waals surface area contributed by atoms with Crippen LogP contribution in [0.25, 0.3) is 0 Å². The number of alkyl halides is 1. The summed E-state index contributed by atoms with van der Waals surface area (Å²) in [4.78, 5) is 10.1. The first-order valence-electron chi connectivity index (χ1n) is 1.96. The first-order chi connectivity index (χ1) is 3.83. The van der Waals surface area contributed by atoms with Gasteiger partial charge in [-0.2, -0.15) is 0 Å². The predicted molar refractivity (Wildman–Crippen MR) is 26.8 cm³/mol. The Labute approximate surface area is 49.9 Å². The fraction of sp³-hybridized carbons (Fsp3) is 0.250. The van der Waals surface area contributed by atoms with Gasteiger partial charge in [0.1, 0.15) is 6.26 Å². The van der Waals surface area contributed by atoms with Crippen molar-refractivity contribution < 1.29 is 8.83 Å². The second kappa shape index (κ2) is 2.05. The van der Waals surface area contributed by atoms with Crippen LogP contribution < -0.4 is 5.82 Å². The molecule has 0 aliphatic rings. The number of hydrogen-bond donors (Lipinski definition) is 0. The van der Waals surface area contributed by atoms with Crippen LogP contribution in [-0.4, -0.2) is 0 Å². The molecule has 0 aliphatic carbocycles. The quantitative estimate of drug-likeness (QED) is 0.538. The van der Waals surface area contributed by atoms with Gasteiger partial charge in [0.05, 0.1) is 5.88 Å². The number of hydrogen-bond acceptors (Lipinski definition) is 3. The molecule has 0 fully saturated rings. The van der Waals surface area contributed by atoms with E-state index in [9.17, 15) is 4.79 Å². The summed E-state index contributed by atoms with van der Waals surface area (Å²) in [5, 5.41) is 0. The normalized spacial score (nSPS) is 9.62. The fourth-order valence-electron chi connectivity index (χ4n) is 0.328. The van der Waals surface area contributed by atoms with E-state index in [0.717, 1.165) is 0 Å².